The average Bonchev–Trinajstić information content (AvgIpc) is 2.81. The number of para-hydroxylation sites is 4. The minimum atomic E-state index is 0. The van der Waals surface area contributed by atoms with Gasteiger partial charge in [-0.05, 0) is 62.1 Å². The SMILES string of the molecule is Oc1c2cccc1OCCCCCCOc1cccc(c1O)C=Nc1ccccc1N=C2.[Cl-].[Mn+2]. The molecule has 0 aromatic heterocycles. The number of halogens is 1. The van der Waals surface area contributed by atoms with E-state index in [0.29, 0.717) is 47.2 Å². The third-order valence-electron chi connectivity index (χ3n) is 5.18. The standard InChI is InChI=1S/C26H26N2O4.ClH.Mn/c29-25-19-9-7-13-23(25)31-15-5-1-2-6-16-32-24-14-8-10-20(26(24)30)18-28-22-12-4-3-11-21(22)27-17-19;;/h3-4,7-14,17-18,29-30H,1-2,5-6,15-16H2;1H;/q;;+2/p-1. The first-order valence-corrected chi connectivity index (χ1v) is 10.8. The first-order valence-electron chi connectivity index (χ1n) is 10.8. The van der Waals surface area contributed by atoms with Crippen molar-refractivity contribution < 1.29 is 49.2 Å². The Hall–Kier alpha value is -2.99. The molecule has 1 heterocycles. The van der Waals surface area contributed by atoms with Crippen LogP contribution in [0.2, 0.25) is 0 Å². The van der Waals surface area contributed by atoms with Gasteiger partial charge in [0.2, 0.25) is 0 Å². The summed E-state index contributed by atoms with van der Waals surface area (Å²) < 4.78 is 11.5. The number of phenolic OH excluding ortho intramolecular Hbond substituents is 2. The van der Waals surface area contributed by atoms with Gasteiger partial charge in [0, 0.05) is 23.6 Å². The molecule has 0 saturated carbocycles. The molecule has 2 N–H and O–H groups in total. The third-order valence-corrected chi connectivity index (χ3v) is 5.18. The zero-order valence-corrected chi connectivity index (χ0v) is 20.5. The van der Waals surface area contributed by atoms with Crippen LogP contribution in [0.1, 0.15) is 36.8 Å². The number of ether oxygens (including phenoxy) is 2. The monoisotopic (exact) mass is 520 g/mol. The fourth-order valence-electron chi connectivity index (χ4n) is 3.40. The van der Waals surface area contributed by atoms with Crippen LogP contribution in [0.4, 0.5) is 11.4 Å². The van der Waals surface area contributed by atoms with E-state index in [9.17, 15) is 10.2 Å². The predicted molar refractivity (Wildman–Crippen MR) is 127 cm³/mol. The Balaban J connectivity index is 0.00000204. The molecule has 1 aliphatic rings. The van der Waals surface area contributed by atoms with Gasteiger partial charge in [0.1, 0.15) is 0 Å². The van der Waals surface area contributed by atoms with E-state index in [4.69, 9.17) is 9.47 Å². The first-order chi connectivity index (χ1) is 15.7. The summed E-state index contributed by atoms with van der Waals surface area (Å²) in [5.41, 5.74) is 2.41. The second-order valence-electron chi connectivity index (χ2n) is 7.50. The number of aliphatic imine (C=N–C) groups is 2. The van der Waals surface area contributed by atoms with Crippen LogP contribution >= 0.6 is 0 Å². The van der Waals surface area contributed by atoms with Crippen molar-refractivity contribution in [3.8, 4) is 23.0 Å². The summed E-state index contributed by atoms with van der Waals surface area (Å²) in [4.78, 5) is 9.05. The fraction of sp³-hybridized carbons (Fsp3) is 0.231. The summed E-state index contributed by atoms with van der Waals surface area (Å²) in [5, 5.41) is 21.2. The summed E-state index contributed by atoms with van der Waals surface area (Å²) in [7, 11) is 0. The van der Waals surface area contributed by atoms with Crippen molar-refractivity contribution in [1.29, 1.82) is 0 Å². The minimum absolute atomic E-state index is 0. The Kier molecular flexibility index (Phi) is 10.9. The van der Waals surface area contributed by atoms with Crippen LogP contribution in [0, 0.1) is 0 Å². The molecule has 1 aliphatic heterocycles. The van der Waals surface area contributed by atoms with Crippen molar-refractivity contribution in [1.82, 2.24) is 0 Å². The van der Waals surface area contributed by atoms with Crippen LogP contribution in [-0.2, 0) is 17.1 Å². The largest absolute Gasteiger partial charge is 2.00 e. The number of fused-ring (bicyclic) bond motifs is 5. The van der Waals surface area contributed by atoms with Gasteiger partial charge in [-0.25, -0.2) is 0 Å². The van der Waals surface area contributed by atoms with Crippen LogP contribution < -0.4 is 21.9 Å². The normalized spacial score (nSPS) is 13.8. The summed E-state index contributed by atoms with van der Waals surface area (Å²) >= 11 is 0. The van der Waals surface area contributed by atoms with Gasteiger partial charge in [-0.1, -0.05) is 24.3 Å². The van der Waals surface area contributed by atoms with Gasteiger partial charge >= 0.3 is 17.1 Å². The molecule has 0 spiro atoms. The number of rotatable bonds is 0. The van der Waals surface area contributed by atoms with Gasteiger partial charge < -0.3 is 32.1 Å². The maximum Gasteiger partial charge on any atom is 2.00 e. The molecule has 34 heavy (non-hydrogen) atoms. The van der Waals surface area contributed by atoms with Gasteiger partial charge in [0.05, 0.1) is 24.6 Å². The van der Waals surface area contributed by atoms with E-state index in [-0.39, 0.29) is 41.0 Å². The van der Waals surface area contributed by atoms with Crippen LogP contribution in [0.25, 0.3) is 0 Å². The van der Waals surface area contributed by atoms with Crippen molar-refractivity contribution >= 4 is 23.8 Å². The molecule has 0 amide bonds. The van der Waals surface area contributed by atoms with Crippen LogP contribution in [0.3, 0.4) is 0 Å². The molecular weight excluding hydrogens is 495 g/mol. The van der Waals surface area contributed by atoms with Gasteiger partial charge in [-0.2, -0.15) is 0 Å². The van der Waals surface area contributed by atoms with E-state index in [1.165, 1.54) is 0 Å². The van der Waals surface area contributed by atoms with E-state index >= 15 is 0 Å². The molecule has 8 heteroatoms. The number of aromatic hydroxyl groups is 2. The number of hydrogen-bond donors (Lipinski definition) is 2. The van der Waals surface area contributed by atoms with Crippen LogP contribution in [-0.4, -0.2) is 35.9 Å². The van der Waals surface area contributed by atoms with Gasteiger partial charge in [-0.3, -0.25) is 9.98 Å². The molecule has 0 unspecified atom stereocenters. The Morgan fingerprint density at radius 3 is 1.47 bits per heavy atom. The van der Waals surface area contributed by atoms with E-state index in [0.717, 1.165) is 25.7 Å². The number of hydrogen-bond acceptors (Lipinski definition) is 6. The first kappa shape index (κ1) is 27.3. The molecule has 3 aromatic rings. The van der Waals surface area contributed by atoms with Crippen LogP contribution in [0.5, 0.6) is 23.0 Å². The molecule has 0 aliphatic carbocycles. The molecule has 1 radical (unpaired) electrons. The van der Waals surface area contributed by atoms with E-state index < -0.39 is 0 Å². The molecule has 0 saturated heterocycles. The molecule has 0 atom stereocenters. The zero-order chi connectivity index (χ0) is 22.2. The fourth-order valence-corrected chi connectivity index (χ4v) is 3.40. The summed E-state index contributed by atoms with van der Waals surface area (Å²) in [6.45, 7) is 1.05. The van der Waals surface area contributed by atoms with Crippen molar-refractivity contribution in [3.63, 3.8) is 0 Å². The Morgan fingerprint density at radius 1 is 0.588 bits per heavy atom. The molecule has 6 nitrogen and oxygen atoms in total. The summed E-state index contributed by atoms with van der Waals surface area (Å²) in [6, 6.07) is 18.2. The molecular formula is C26H26ClMnN2O4+. The smallest absolute Gasteiger partial charge is 1.00 e. The quantitative estimate of drug-likeness (QED) is 0.447. The predicted octanol–water partition coefficient (Wildman–Crippen LogP) is 2.93. The average molecular weight is 521 g/mol. The third kappa shape index (κ3) is 7.00. The van der Waals surface area contributed by atoms with Crippen molar-refractivity contribution in [2.75, 3.05) is 13.2 Å². The summed E-state index contributed by atoms with van der Waals surface area (Å²) in [5.74, 6) is 1.04. The molecule has 0 fully saturated rings. The maximum absolute atomic E-state index is 10.6. The Bertz CT molecular complexity index is 1050. The molecule has 177 valence electrons. The molecule has 4 bridgehead atoms. The minimum Gasteiger partial charge on any atom is -1.00 e. The van der Waals surface area contributed by atoms with Crippen molar-refractivity contribution in [3.05, 3.63) is 71.8 Å². The number of nitrogens with zero attached hydrogens (tertiary/aromatic N) is 2. The Labute approximate surface area is 216 Å². The summed E-state index contributed by atoms with van der Waals surface area (Å²) in [6.07, 6.45) is 6.92. The van der Waals surface area contributed by atoms with Gasteiger partial charge in [-0.15, -0.1) is 0 Å². The van der Waals surface area contributed by atoms with E-state index in [1.807, 2.05) is 36.4 Å². The second-order valence-corrected chi connectivity index (χ2v) is 7.50. The zero-order valence-electron chi connectivity index (χ0n) is 18.5. The molecule has 3 aromatic carbocycles. The topological polar surface area (TPSA) is 83.6 Å². The van der Waals surface area contributed by atoms with E-state index in [1.54, 1.807) is 36.7 Å². The molecule has 4 rings (SSSR count). The van der Waals surface area contributed by atoms with Crippen LogP contribution in [0.15, 0.2) is 70.6 Å². The number of phenols is 2. The number of benzene rings is 3. The van der Waals surface area contributed by atoms with Crippen molar-refractivity contribution in [2.45, 2.75) is 25.7 Å². The van der Waals surface area contributed by atoms with Gasteiger partial charge in [0.25, 0.3) is 0 Å². The van der Waals surface area contributed by atoms with Crippen molar-refractivity contribution in [2.24, 2.45) is 9.98 Å². The van der Waals surface area contributed by atoms with Gasteiger partial charge in [0.15, 0.2) is 23.0 Å². The maximum atomic E-state index is 10.6. The Morgan fingerprint density at radius 2 is 1.03 bits per heavy atom. The van der Waals surface area contributed by atoms with E-state index in [2.05, 4.69) is 9.98 Å². The second kappa shape index (κ2) is 13.7.